The fraction of sp³-hybridized carbons (Fsp3) is 0.529. The molecule has 3 N–H and O–H groups in total. The number of likely N-dealkylation sites (tertiary alicyclic amines) is 1. The van der Waals surface area contributed by atoms with E-state index in [0.29, 0.717) is 13.1 Å². The first-order chi connectivity index (χ1) is 12.3. The second-order valence-electron chi connectivity index (χ2n) is 6.06. The SMILES string of the molecule is Cl.NCCC(=O)NCC1CCCCN1C(=O)c1ccc(OC(F)(F)F)cc1. The summed E-state index contributed by atoms with van der Waals surface area (Å²) in [5.41, 5.74) is 5.61. The third kappa shape index (κ3) is 7.26. The summed E-state index contributed by atoms with van der Waals surface area (Å²) in [5, 5.41) is 2.77. The maximum absolute atomic E-state index is 12.7. The Morgan fingerprint density at radius 2 is 1.89 bits per heavy atom. The first-order valence-corrected chi connectivity index (χ1v) is 8.43. The highest BCUT2D eigenvalue weighted by atomic mass is 35.5. The van der Waals surface area contributed by atoms with E-state index in [0.717, 1.165) is 31.4 Å². The molecule has 27 heavy (non-hydrogen) atoms. The van der Waals surface area contributed by atoms with Gasteiger partial charge in [-0.1, -0.05) is 0 Å². The molecule has 10 heteroatoms. The number of amides is 2. The maximum Gasteiger partial charge on any atom is 0.573 e. The summed E-state index contributed by atoms with van der Waals surface area (Å²) >= 11 is 0. The molecule has 1 unspecified atom stereocenters. The summed E-state index contributed by atoms with van der Waals surface area (Å²) in [7, 11) is 0. The first kappa shape index (κ1) is 23.0. The molecule has 2 rings (SSSR count). The standard InChI is InChI=1S/C17H22F3N3O3.ClH/c18-17(19,20)26-14-6-4-12(5-7-14)16(25)23-10-2-1-3-13(23)11-22-15(24)8-9-21;/h4-7,13H,1-3,8-11,21H2,(H,22,24);1H. The number of alkyl halides is 3. The largest absolute Gasteiger partial charge is 0.573 e. The Hall–Kier alpha value is -2.00. The van der Waals surface area contributed by atoms with E-state index in [2.05, 4.69) is 10.1 Å². The van der Waals surface area contributed by atoms with Gasteiger partial charge in [0.05, 0.1) is 0 Å². The number of ether oxygens (including phenoxy) is 1. The third-order valence-electron chi connectivity index (χ3n) is 4.13. The molecule has 0 radical (unpaired) electrons. The molecule has 1 aliphatic heterocycles. The number of hydrogen-bond acceptors (Lipinski definition) is 4. The number of nitrogens with two attached hydrogens (primary N) is 1. The van der Waals surface area contributed by atoms with E-state index in [1.54, 1.807) is 4.90 Å². The Morgan fingerprint density at radius 3 is 2.48 bits per heavy atom. The van der Waals surface area contributed by atoms with Crippen molar-refractivity contribution in [3.8, 4) is 5.75 Å². The van der Waals surface area contributed by atoms with Gasteiger partial charge in [0.25, 0.3) is 5.91 Å². The average Bonchev–Trinajstić information content (AvgIpc) is 2.59. The van der Waals surface area contributed by atoms with Crippen LogP contribution in [-0.4, -0.2) is 48.8 Å². The van der Waals surface area contributed by atoms with Gasteiger partial charge < -0.3 is 20.7 Å². The van der Waals surface area contributed by atoms with Crippen LogP contribution in [0, 0.1) is 0 Å². The van der Waals surface area contributed by atoms with Gasteiger partial charge in [-0.15, -0.1) is 25.6 Å². The molecule has 0 saturated carbocycles. The lowest BCUT2D eigenvalue weighted by molar-refractivity contribution is -0.274. The van der Waals surface area contributed by atoms with Crippen LogP contribution in [0.5, 0.6) is 5.75 Å². The normalized spacial score (nSPS) is 17.0. The van der Waals surface area contributed by atoms with Crippen LogP contribution >= 0.6 is 12.4 Å². The highest BCUT2D eigenvalue weighted by molar-refractivity contribution is 5.94. The van der Waals surface area contributed by atoms with Crippen molar-refractivity contribution in [2.75, 3.05) is 19.6 Å². The van der Waals surface area contributed by atoms with Crippen LogP contribution in [0.4, 0.5) is 13.2 Å². The molecule has 0 bridgehead atoms. The van der Waals surface area contributed by atoms with E-state index >= 15 is 0 Å². The first-order valence-electron chi connectivity index (χ1n) is 8.43. The van der Waals surface area contributed by atoms with Crippen molar-refractivity contribution in [2.45, 2.75) is 38.1 Å². The van der Waals surface area contributed by atoms with E-state index < -0.39 is 6.36 Å². The summed E-state index contributed by atoms with van der Waals surface area (Å²) in [6.07, 6.45) is -2.01. The number of piperidine rings is 1. The van der Waals surface area contributed by atoms with Crippen LogP contribution in [0.1, 0.15) is 36.0 Å². The Balaban J connectivity index is 0.00000364. The van der Waals surface area contributed by atoms with Gasteiger partial charge in [-0.05, 0) is 43.5 Å². The second kappa shape index (κ2) is 10.4. The molecule has 0 aromatic heterocycles. The summed E-state index contributed by atoms with van der Waals surface area (Å²) in [5.74, 6) is -0.821. The van der Waals surface area contributed by atoms with Crippen molar-refractivity contribution < 1.29 is 27.5 Å². The Bertz CT molecular complexity index is 626. The van der Waals surface area contributed by atoms with Gasteiger partial charge in [0.15, 0.2) is 0 Å². The highest BCUT2D eigenvalue weighted by Crippen LogP contribution is 2.24. The molecule has 1 fully saturated rings. The predicted octanol–water partition coefficient (Wildman–Crippen LogP) is 2.47. The summed E-state index contributed by atoms with van der Waals surface area (Å²) < 4.78 is 40.4. The Labute approximate surface area is 161 Å². The fourth-order valence-corrected chi connectivity index (χ4v) is 2.90. The van der Waals surface area contributed by atoms with Crippen molar-refractivity contribution in [1.82, 2.24) is 10.2 Å². The van der Waals surface area contributed by atoms with Gasteiger partial charge in [-0.3, -0.25) is 9.59 Å². The number of carbonyl (C=O) groups excluding carboxylic acids is 2. The van der Waals surface area contributed by atoms with Gasteiger partial charge >= 0.3 is 6.36 Å². The Kier molecular flexibility index (Phi) is 8.84. The molecular formula is C17H23ClF3N3O3. The summed E-state index contributed by atoms with van der Waals surface area (Å²) in [4.78, 5) is 25.9. The van der Waals surface area contributed by atoms with E-state index in [1.165, 1.54) is 12.1 Å². The topological polar surface area (TPSA) is 84.7 Å². The van der Waals surface area contributed by atoms with Gasteiger partial charge in [0.1, 0.15) is 5.75 Å². The van der Waals surface area contributed by atoms with Crippen molar-refractivity contribution in [3.05, 3.63) is 29.8 Å². The number of halogens is 4. The van der Waals surface area contributed by atoms with Gasteiger partial charge in [0, 0.05) is 37.7 Å². The lowest BCUT2D eigenvalue weighted by Crippen LogP contribution is -2.49. The van der Waals surface area contributed by atoms with Gasteiger partial charge in [-0.25, -0.2) is 0 Å². The van der Waals surface area contributed by atoms with Crippen molar-refractivity contribution >= 4 is 24.2 Å². The predicted molar refractivity (Wildman–Crippen MR) is 95.7 cm³/mol. The van der Waals surface area contributed by atoms with Crippen LogP contribution in [0.3, 0.4) is 0 Å². The summed E-state index contributed by atoms with van der Waals surface area (Å²) in [6.45, 7) is 1.13. The number of benzene rings is 1. The molecule has 1 aromatic carbocycles. The van der Waals surface area contributed by atoms with Crippen LogP contribution in [-0.2, 0) is 4.79 Å². The molecule has 0 spiro atoms. The highest BCUT2D eigenvalue weighted by Gasteiger charge is 2.31. The average molecular weight is 410 g/mol. The van der Waals surface area contributed by atoms with Crippen LogP contribution < -0.4 is 15.8 Å². The van der Waals surface area contributed by atoms with Crippen LogP contribution in [0.15, 0.2) is 24.3 Å². The van der Waals surface area contributed by atoms with Crippen molar-refractivity contribution in [2.24, 2.45) is 5.73 Å². The zero-order valence-electron chi connectivity index (χ0n) is 14.6. The van der Waals surface area contributed by atoms with E-state index in [1.807, 2.05) is 0 Å². The summed E-state index contributed by atoms with van der Waals surface area (Å²) in [6, 6.07) is 4.69. The minimum atomic E-state index is -4.77. The Morgan fingerprint density at radius 1 is 1.22 bits per heavy atom. The van der Waals surface area contributed by atoms with Gasteiger partial charge in [-0.2, -0.15) is 0 Å². The molecule has 1 aromatic rings. The molecule has 1 atom stereocenters. The zero-order chi connectivity index (χ0) is 19.2. The number of hydrogen-bond donors (Lipinski definition) is 2. The minimum absolute atomic E-state index is 0. The zero-order valence-corrected chi connectivity index (χ0v) is 15.4. The van der Waals surface area contributed by atoms with E-state index in [4.69, 9.17) is 5.73 Å². The number of carbonyl (C=O) groups is 2. The fourth-order valence-electron chi connectivity index (χ4n) is 2.90. The number of rotatable bonds is 6. The second-order valence-corrected chi connectivity index (χ2v) is 6.06. The lowest BCUT2D eigenvalue weighted by Gasteiger charge is -2.36. The van der Waals surface area contributed by atoms with E-state index in [-0.39, 0.29) is 54.5 Å². The molecule has 6 nitrogen and oxygen atoms in total. The lowest BCUT2D eigenvalue weighted by atomic mass is 10.0. The smallest absolute Gasteiger partial charge is 0.406 e. The van der Waals surface area contributed by atoms with Crippen molar-refractivity contribution in [3.63, 3.8) is 0 Å². The molecule has 1 saturated heterocycles. The monoisotopic (exact) mass is 409 g/mol. The molecule has 152 valence electrons. The molecule has 0 aliphatic carbocycles. The molecule has 2 amide bonds. The van der Waals surface area contributed by atoms with Crippen LogP contribution in [0.2, 0.25) is 0 Å². The quantitative estimate of drug-likeness (QED) is 0.756. The van der Waals surface area contributed by atoms with Crippen LogP contribution in [0.25, 0.3) is 0 Å². The molecular weight excluding hydrogens is 387 g/mol. The third-order valence-corrected chi connectivity index (χ3v) is 4.13. The number of nitrogens with one attached hydrogen (secondary N) is 1. The van der Waals surface area contributed by atoms with Crippen molar-refractivity contribution in [1.29, 1.82) is 0 Å². The molecule has 1 aliphatic rings. The van der Waals surface area contributed by atoms with Gasteiger partial charge in [0.2, 0.25) is 5.91 Å². The minimum Gasteiger partial charge on any atom is -0.406 e. The number of nitrogens with zero attached hydrogens (tertiary/aromatic N) is 1. The molecule has 1 heterocycles. The maximum atomic E-state index is 12.7. The van der Waals surface area contributed by atoms with E-state index in [9.17, 15) is 22.8 Å².